The number of hydrogen-bond donors (Lipinski definition) is 1. The second kappa shape index (κ2) is 5.66. The van der Waals surface area contributed by atoms with Crippen LogP contribution >= 0.6 is 0 Å². The number of carbonyl (C=O) groups is 1. The van der Waals surface area contributed by atoms with Crippen molar-refractivity contribution < 1.29 is 9.90 Å². The molecule has 1 N–H and O–H groups in total. The molecule has 1 aromatic rings. The average molecular weight is 236 g/mol. The fourth-order valence-corrected chi connectivity index (χ4v) is 1.85. The molecule has 4 nitrogen and oxygen atoms in total. The molecule has 0 amide bonds. The van der Waals surface area contributed by atoms with E-state index in [0.29, 0.717) is 12.0 Å². The topological polar surface area (TPSA) is 53.4 Å². The maximum atomic E-state index is 10.8. The third kappa shape index (κ3) is 3.73. The minimum atomic E-state index is -0.989. The van der Waals surface area contributed by atoms with Crippen LogP contribution in [0, 0.1) is 5.92 Å². The Bertz CT molecular complexity index is 391. The minimum Gasteiger partial charge on any atom is -0.477 e. The molecule has 0 fully saturated rings. The highest BCUT2D eigenvalue weighted by atomic mass is 16.4. The Morgan fingerprint density at radius 2 is 2.12 bits per heavy atom. The molecule has 1 aromatic heterocycles. The summed E-state index contributed by atoms with van der Waals surface area (Å²) in [6.07, 6.45) is 2.61. The number of nitrogens with zero attached hydrogens (tertiary/aromatic N) is 2. The molecule has 4 heteroatoms. The quantitative estimate of drug-likeness (QED) is 0.854. The van der Waals surface area contributed by atoms with Crippen molar-refractivity contribution in [3.05, 3.63) is 24.0 Å². The van der Waals surface area contributed by atoms with Crippen LogP contribution in [0.5, 0.6) is 0 Å². The number of aromatic nitrogens is 1. The van der Waals surface area contributed by atoms with Gasteiger partial charge >= 0.3 is 5.97 Å². The van der Waals surface area contributed by atoms with Crippen LogP contribution in [0.2, 0.25) is 0 Å². The summed E-state index contributed by atoms with van der Waals surface area (Å²) in [6, 6.07) is 3.82. The number of carboxylic acids is 1. The molecule has 0 aliphatic heterocycles. The highest BCUT2D eigenvalue weighted by molar-refractivity contribution is 5.86. The Morgan fingerprint density at radius 1 is 1.47 bits per heavy atom. The van der Waals surface area contributed by atoms with Gasteiger partial charge in [-0.1, -0.05) is 13.8 Å². The van der Waals surface area contributed by atoms with Crippen LogP contribution < -0.4 is 4.90 Å². The smallest absolute Gasteiger partial charge is 0.354 e. The molecular formula is C13H20N2O2. The van der Waals surface area contributed by atoms with Crippen molar-refractivity contribution in [2.24, 2.45) is 5.92 Å². The fourth-order valence-electron chi connectivity index (χ4n) is 1.85. The maximum absolute atomic E-state index is 10.8. The first kappa shape index (κ1) is 13.5. The van der Waals surface area contributed by atoms with Crippen molar-refractivity contribution in [1.29, 1.82) is 0 Å². The number of carboxylic acid groups (broad SMARTS) is 1. The molecular weight excluding hydrogens is 216 g/mol. The Labute approximate surface area is 102 Å². The summed E-state index contributed by atoms with van der Waals surface area (Å²) in [4.78, 5) is 16.7. The standard InChI is InChI=1S/C13H20N2O2/c1-9(2)7-10(3)15(4)11-5-6-14-12(8-11)13(16)17/h5-6,8-10H,7H2,1-4H3,(H,16,17). The van der Waals surface area contributed by atoms with Gasteiger partial charge in [0.15, 0.2) is 0 Å². The SMILES string of the molecule is CC(C)CC(C)N(C)c1ccnc(C(=O)O)c1. The van der Waals surface area contributed by atoms with Gasteiger partial charge in [-0.3, -0.25) is 0 Å². The molecule has 0 saturated heterocycles. The van der Waals surface area contributed by atoms with E-state index in [4.69, 9.17) is 5.11 Å². The van der Waals surface area contributed by atoms with E-state index in [0.717, 1.165) is 12.1 Å². The van der Waals surface area contributed by atoms with Gasteiger partial charge in [0, 0.05) is 25.0 Å². The van der Waals surface area contributed by atoms with E-state index < -0.39 is 5.97 Å². The first-order valence-corrected chi connectivity index (χ1v) is 5.84. The maximum Gasteiger partial charge on any atom is 0.354 e. The summed E-state index contributed by atoms with van der Waals surface area (Å²) in [7, 11) is 1.98. The van der Waals surface area contributed by atoms with Gasteiger partial charge in [0.2, 0.25) is 0 Å². The first-order valence-electron chi connectivity index (χ1n) is 5.84. The molecule has 0 bridgehead atoms. The third-order valence-corrected chi connectivity index (χ3v) is 2.84. The zero-order valence-corrected chi connectivity index (χ0v) is 10.8. The first-order chi connectivity index (χ1) is 7.91. The molecule has 17 heavy (non-hydrogen) atoms. The number of rotatable bonds is 5. The molecule has 1 heterocycles. The Balaban J connectivity index is 2.84. The zero-order chi connectivity index (χ0) is 13.0. The van der Waals surface area contributed by atoms with E-state index in [1.807, 2.05) is 13.1 Å². The van der Waals surface area contributed by atoms with Crippen molar-refractivity contribution in [2.45, 2.75) is 33.2 Å². The van der Waals surface area contributed by atoms with Gasteiger partial charge in [0.05, 0.1) is 0 Å². The summed E-state index contributed by atoms with van der Waals surface area (Å²) in [5.41, 5.74) is 0.983. The van der Waals surface area contributed by atoms with Gasteiger partial charge < -0.3 is 10.0 Å². The van der Waals surface area contributed by atoms with Crippen LogP contribution in [-0.4, -0.2) is 29.1 Å². The Hall–Kier alpha value is -1.58. The highest BCUT2D eigenvalue weighted by Crippen LogP contribution is 2.19. The number of hydrogen-bond acceptors (Lipinski definition) is 3. The fraction of sp³-hybridized carbons (Fsp3) is 0.538. The van der Waals surface area contributed by atoms with Gasteiger partial charge in [-0.05, 0) is 31.4 Å². The van der Waals surface area contributed by atoms with Crippen LogP contribution in [0.25, 0.3) is 0 Å². The van der Waals surface area contributed by atoms with Gasteiger partial charge in [0.1, 0.15) is 5.69 Å². The molecule has 0 aliphatic rings. The van der Waals surface area contributed by atoms with Crippen molar-refractivity contribution in [3.8, 4) is 0 Å². The molecule has 1 unspecified atom stereocenters. The number of aromatic carboxylic acids is 1. The van der Waals surface area contributed by atoms with E-state index in [1.165, 1.54) is 6.20 Å². The molecule has 1 rings (SSSR count). The number of anilines is 1. The average Bonchev–Trinajstić information content (AvgIpc) is 2.27. The lowest BCUT2D eigenvalue weighted by atomic mass is 10.0. The molecule has 94 valence electrons. The van der Waals surface area contributed by atoms with E-state index >= 15 is 0 Å². The highest BCUT2D eigenvalue weighted by Gasteiger charge is 2.13. The summed E-state index contributed by atoms with van der Waals surface area (Å²) in [5, 5.41) is 8.89. The van der Waals surface area contributed by atoms with Crippen LogP contribution in [0.3, 0.4) is 0 Å². The van der Waals surface area contributed by atoms with Gasteiger partial charge in [-0.25, -0.2) is 9.78 Å². The predicted molar refractivity (Wildman–Crippen MR) is 68.5 cm³/mol. The van der Waals surface area contributed by atoms with Gasteiger partial charge in [0.25, 0.3) is 0 Å². The summed E-state index contributed by atoms with van der Waals surface area (Å²) in [5.74, 6) is -0.370. The summed E-state index contributed by atoms with van der Waals surface area (Å²) < 4.78 is 0. The van der Waals surface area contributed by atoms with Crippen molar-refractivity contribution in [3.63, 3.8) is 0 Å². The summed E-state index contributed by atoms with van der Waals surface area (Å²) in [6.45, 7) is 6.50. The van der Waals surface area contributed by atoms with E-state index in [2.05, 4.69) is 30.7 Å². The predicted octanol–water partition coefficient (Wildman–Crippen LogP) is 2.65. The molecule has 0 radical (unpaired) electrons. The Kier molecular flexibility index (Phi) is 4.49. The molecule has 0 saturated carbocycles. The van der Waals surface area contributed by atoms with Crippen LogP contribution in [-0.2, 0) is 0 Å². The van der Waals surface area contributed by atoms with Crippen LogP contribution in [0.1, 0.15) is 37.7 Å². The molecule has 0 aromatic carbocycles. The second-order valence-electron chi connectivity index (χ2n) is 4.79. The monoisotopic (exact) mass is 236 g/mol. The lowest BCUT2D eigenvalue weighted by molar-refractivity contribution is 0.0690. The zero-order valence-electron chi connectivity index (χ0n) is 10.8. The van der Waals surface area contributed by atoms with E-state index in [9.17, 15) is 4.79 Å². The molecule has 1 atom stereocenters. The van der Waals surface area contributed by atoms with Crippen molar-refractivity contribution in [1.82, 2.24) is 4.98 Å². The van der Waals surface area contributed by atoms with Crippen LogP contribution in [0.4, 0.5) is 5.69 Å². The largest absolute Gasteiger partial charge is 0.477 e. The lowest BCUT2D eigenvalue weighted by Crippen LogP contribution is -2.30. The number of pyridine rings is 1. The van der Waals surface area contributed by atoms with E-state index in [-0.39, 0.29) is 5.69 Å². The van der Waals surface area contributed by atoms with Crippen molar-refractivity contribution in [2.75, 3.05) is 11.9 Å². The third-order valence-electron chi connectivity index (χ3n) is 2.84. The Morgan fingerprint density at radius 3 is 2.65 bits per heavy atom. The lowest BCUT2D eigenvalue weighted by Gasteiger charge is -2.28. The summed E-state index contributed by atoms with van der Waals surface area (Å²) >= 11 is 0. The second-order valence-corrected chi connectivity index (χ2v) is 4.79. The van der Waals surface area contributed by atoms with Crippen LogP contribution in [0.15, 0.2) is 18.3 Å². The normalized spacial score (nSPS) is 12.5. The van der Waals surface area contributed by atoms with Gasteiger partial charge in [-0.2, -0.15) is 0 Å². The molecule has 0 spiro atoms. The van der Waals surface area contributed by atoms with E-state index in [1.54, 1.807) is 6.07 Å². The van der Waals surface area contributed by atoms with Crippen molar-refractivity contribution >= 4 is 11.7 Å². The van der Waals surface area contributed by atoms with Gasteiger partial charge in [-0.15, -0.1) is 0 Å². The minimum absolute atomic E-state index is 0.0890. The molecule has 0 aliphatic carbocycles.